The highest BCUT2D eigenvalue weighted by Gasteiger charge is 2.14. The van der Waals surface area contributed by atoms with Crippen LogP contribution in [0.2, 0.25) is 0 Å². The van der Waals surface area contributed by atoms with Gasteiger partial charge >= 0.3 is 6.16 Å². The number of ether oxygens (including phenoxy) is 2. The molecule has 6 nitrogen and oxygen atoms in total. The maximum absolute atomic E-state index is 11.2. The molecule has 0 unspecified atom stereocenters. The van der Waals surface area contributed by atoms with Crippen LogP contribution in [-0.4, -0.2) is 23.2 Å². The number of nitrogen functional groups attached to an aromatic ring is 1. The number of carbonyl (C=O) groups is 1. The van der Waals surface area contributed by atoms with Crippen molar-refractivity contribution in [2.24, 2.45) is 0 Å². The highest BCUT2D eigenvalue weighted by atomic mass is 16.7. The molecule has 1 aromatic carbocycles. The third-order valence-electron chi connectivity index (χ3n) is 2.50. The van der Waals surface area contributed by atoms with E-state index in [9.17, 15) is 4.79 Å². The molecular weight excluding hydrogens is 234 g/mol. The predicted molar refractivity (Wildman–Crippen MR) is 67.6 cm³/mol. The fourth-order valence-electron chi connectivity index (χ4n) is 1.61. The minimum atomic E-state index is -0.795. The minimum Gasteiger partial charge on any atom is -0.437 e. The second-order valence-electron chi connectivity index (χ2n) is 4.25. The molecule has 0 aliphatic carbocycles. The van der Waals surface area contributed by atoms with Crippen molar-refractivity contribution < 1.29 is 14.3 Å². The summed E-state index contributed by atoms with van der Waals surface area (Å²) in [6.45, 7) is 4.03. The smallest absolute Gasteiger partial charge is 0.437 e. The van der Waals surface area contributed by atoms with Gasteiger partial charge in [0.15, 0.2) is 5.75 Å². The van der Waals surface area contributed by atoms with E-state index in [2.05, 4.69) is 14.7 Å². The van der Waals surface area contributed by atoms with Gasteiger partial charge in [0, 0.05) is 17.7 Å². The lowest BCUT2D eigenvalue weighted by Crippen LogP contribution is -2.07. The molecule has 1 heterocycles. The van der Waals surface area contributed by atoms with Gasteiger partial charge in [-0.25, -0.2) is 9.78 Å². The number of nitrogens with one attached hydrogen (secondary N) is 1. The number of nitrogens with two attached hydrogens (primary N) is 1. The van der Waals surface area contributed by atoms with E-state index < -0.39 is 6.16 Å². The third-order valence-corrected chi connectivity index (χ3v) is 2.50. The molecule has 0 aliphatic rings. The van der Waals surface area contributed by atoms with Gasteiger partial charge in [0.05, 0.1) is 12.6 Å². The molecule has 0 atom stereocenters. The Morgan fingerprint density at radius 3 is 2.78 bits per heavy atom. The zero-order valence-electron chi connectivity index (χ0n) is 10.5. The Balaban J connectivity index is 2.53. The standard InChI is InChI=1S/C12H15N3O3/c1-6(2)11-14-8-4-7(13)5-9(10(8)15-11)18-12(16)17-3/h4-6H,13H2,1-3H3,(H,14,15). The lowest BCUT2D eigenvalue weighted by molar-refractivity contribution is 0.122. The number of carbonyl (C=O) groups excluding carboxylic acids is 1. The van der Waals surface area contributed by atoms with Crippen LogP contribution in [0.25, 0.3) is 11.0 Å². The predicted octanol–water partition coefficient (Wildman–Crippen LogP) is 2.41. The molecule has 18 heavy (non-hydrogen) atoms. The van der Waals surface area contributed by atoms with E-state index >= 15 is 0 Å². The second-order valence-corrected chi connectivity index (χ2v) is 4.25. The Bertz CT molecular complexity index is 590. The van der Waals surface area contributed by atoms with Crippen LogP contribution >= 0.6 is 0 Å². The summed E-state index contributed by atoms with van der Waals surface area (Å²) in [6.07, 6.45) is -0.795. The number of fused-ring (bicyclic) bond motifs is 1. The van der Waals surface area contributed by atoms with Crippen LogP contribution in [0.5, 0.6) is 5.75 Å². The lowest BCUT2D eigenvalue weighted by atomic mass is 10.2. The van der Waals surface area contributed by atoms with Crippen LogP contribution in [0.15, 0.2) is 12.1 Å². The van der Waals surface area contributed by atoms with Crippen molar-refractivity contribution >= 4 is 22.9 Å². The monoisotopic (exact) mass is 249 g/mol. The van der Waals surface area contributed by atoms with Gasteiger partial charge in [-0.3, -0.25) is 0 Å². The Hall–Kier alpha value is -2.24. The van der Waals surface area contributed by atoms with E-state index in [0.29, 0.717) is 17.0 Å². The number of anilines is 1. The minimum absolute atomic E-state index is 0.240. The van der Waals surface area contributed by atoms with E-state index in [1.807, 2.05) is 13.8 Å². The van der Waals surface area contributed by atoms with Crippen molar-refractivity contribution in [3.63, 3.8) is 0 Å². The fourth-order valence-corrected chi connectivity index (χ4v) is 1.61. The van der Waals surface area contributed by atoms with Crippen LogP contribution in [0.1, 0.15) is 25.6 Å². The first-order valence-corrected chi connectivity index (χ1v) is 5.56. The average Bonchev–Trinajstić information content (AvgIpc) is 2.72. The van der Waals surface area contributed by atoms with Crippen LogP contribution in [-0.2, 0) is 4.74 Å². The first kappa shape index (κ1) is 12.2. The summed E-state index contributed by atoms with van der Waals surface area (Å²) >= 11 is 0. The molecular formula is C12H15N3O3. The quantitative estimate of drug-likeness (QED) is 0.484. The summed E-state index contributed by atoms with van der Waals surface area (Å²) in [7, 11) is 1.25. The molecule has 96 valence electrons. The molecule has 0 amide bonds. The fraction of sp³-hybridized carbons (Fsp3) is 0.333. The summed E-state index contributed by atoms with van der Waals surface area (Å²) in [6, 6.07) is 3.29. The number of imidazole rings is 1. The molecule has 3 N–H and O–H groups in total. The second kappa shape index (κ2) is 4.56. The summed E-state index contributed by atoms with van der Waals surface area (Å²) < 4.78 is 9.48. The number of aromatic nitrogens is 2. The molecule has 2 rings (SSSR count). The van der Waals surface area contributed by atoms with Crippen molar-refractivity contribution in [2.75, 3.05) is 12.8 Å². The molecule has 0 bridgehead atoms. The molecule has 0 saturated carbocycles. The van der Waals surface area contributed by atoms with Gasteiger partial charge in [-0.2, -0.15) is 0 Å². The number of hydrogen-bond donors (Lipinski definition) is 2. The molecule has 1 aromatic heterocycles. The Kier molecular flexibility index (Phi) is 3.10. The van der Waals surface area contributed by atoms with Crippen molar-refractivity contribution in [3.8, 4) is 5.75 Å². The number of hydrogen-bond acceptors (Lipinski definition) is 5. The van der Waals surface area contributed by atoms with Crippen LogP contribution in [0.3, 0.4) is 0 Å². The Morgan fingerprint density at radius 2 is 2.17 bits per heavy atom. The van der Waals surface area contributed by atoms with E-state index in [1.54, 1.807) is 12.1 Å². The van der Waals surface area contributed by atoms with Gasteiger partial charge in [0.25, 0.3) is 0 Å². The summed E-state index contributed by atoms with van der Waals surface area (Å²) in [5.41, 5.74) is 7.54. The zero-order valence-corrected chi connectivity index (χ0v) is 10.5. The molecule has 6 heteroatoms. The Labute approximate surface area is 104 Å². The summed E-state index contributed by atoms with van der Waals surface area (Å²) in [5, 5.41) is 0. The summed E-state index contributed by atoms with van der Waals surface area (Å²) in [5.74, 6) is 1.34. The molecule has 0 spiro atoms. The molecule has 0 saturated heterocycles. The van der Waals surface area contributed by atoms with Gasteiger partial charge in [-0.05, 0) is 6.07 Å². The number of benzene rings is 1. The highest BCUT2D eigenvalue weighted by molar-refractivity contribution is 5.87. The van der Waals surface area contributed by atoms with Crippen molar-refractivity contribution in [1.29, 1.82) is 0 Å². The topological polar surface area (TPSA) is 90.2 Å². The van der Waals surface area contributed by atoms with Crippen molar-refractivity contribution in [2.45, 2.75) is 19.8 Å². The molecule has 0 radical (unpaired) electrons. The third kappa shape index (κ3) is 2.22. The lowest BCUT2D eigenvalue weighted by Gasteiger charge is -2.04. The number of aromatic amines is 1. The van der Waals surface area contributed by atoms with Crippen molar-refractivity contribution in [1.82, 2.24) is 9.97 Å². The number of H-pyrrole nitrogens is 1. The van der Waals surface area contributed by atoms with Gasteiger partial charge in [0.1, 0.15) is 11.3 Å². The highest BCUT2D eigenvalue weighted by Crippen LogP contribution is 2.29. The summed E-state index contributed by atoms with van der Waals surface area (Å²) in [4.78, 5) is 18.7. The van der Waals surface area contributed by atoms with E-state index in [-0.39, 0.29) is 5.92 Å². The van der Waals surface area contributed by atoms with Gasteiger partial charge in [-0.1, -0.05) is 13.8 Å². The number of methoxy groups -OCH3 is 1. The van der Waals surface area contributed by atoms with Crippen molar-refractivity contribution in [3.05, 3.63) is 18.0 Å². The van der Waals surface area contributed by atoms with Crippen LogP contribution in [0.4, 0.5) is 10.5 Å². The van der Waals surface area contributed by atoms with Crippen LogP contribution < -0.4 is 10.5 Å². The van der Waals surface area contributed by atoms with Crippen LogP contribution in [0, 0.1) is 0 Å². The Morgan fingerprint density at radius 1 is 1.44 bits per heavy atom. The van der Waals surface area contributed by atoms with Gasteiger partial charge in [0.2, 0.25) is 0 Å². The molecule has 0 aliphatic heterocycles. The first-order chi connectivity index (χ1) is 8.51. The number of rotatable bonds is 2. The van der Waals surface area contributed by atoms with Gasteiger partial charge < -0.3 is 20.2 Å². The SMILES string of the molecule is COC(=O)Oc1cc(N)cc2[nH]c(C(C)C)nc12. The zero-order chi connectivity index (χ0) is 13.3. The molecule has 0 fully saturated rings. The van der Waals surface area contributed by atoms with Gasteiger partial charge in [-0.15, -0.1) is 0 Å². The van der Waals surface area contributed by atoms with E-state index in [0.717, 1.165) is 11.3 Å². The normalized spacial score (nSPS) is 10.9. The maximum atomic E-state index is 11.2. The average molecular weight is 249 g/mol. The first-order valence-electron chi connectivity index (χ1n) is 5.56. The van der Waals surface area contributed by atoms with E-state index in [1.165, 1.54) is 7.11 Å². The number of nitrogens with zero attached hydrogens (tertiary/aromatic N) is 1. The maximum Gasteiger partial charge on any atom is 0.513 e. The molecule has 2 aromatic rings. The van der Waals surface area contributed by atoms with E-state index in [4.69, 9.17) is 10.5 Å². The largest absolute Gasteiger partial charge is 0.513 e.